The van der Waals surface area contributed by atoms with Crippen molar-refractivity contribution in [3.63, 3.8) is 0 Å². The van der Waals surface area contributed by atoms with Crippen LogP contribution < -0.4 is 36.6 Å². The summed E-state index contributed by atoms with van der Waals surface area (Å²) in [7, 11) is 0. The number of hydrogen-bond donors (Lipinski definition) is 6. The van der Waals surface area contributed by atoms with Crippen LogP contribution in [0.15, 0.2) is 61.3 Å². The molecule has 61 heavy (non-hydrogen) atoms. The summed E-state index contributed by atoms with van der Waals surface area (Å²) >= 11 is 0. The van der Waals surface area contributed by atoms with Crippen LogP contribution in [0.5, 0.6) is 5.75 Å². The molecule has 0 unspecified atom stereocenters. The predicted molar refractivity (Wildman–Crippen MR) is 226 cm³/mol. The number of carbonyl (C=O) groups excluding carboxylic acids is 4. The zero-order valence-electron chi connectivity index (χ0n) is 34.7. The largest absolute Gasteiger partial charge is 0.488 e. The monoisotopic (exact) mass is 856 g/mol. The molecule has 0 bridgehead atoms. The van der Waals surface area contributed by atoms with Gasteiger partial charge in [-0.3, -0.25) is 19.2 Å². The number of nitrogens with zero attached hydrogens (tertiary/aromatic N) is 2. The third kappa shape index (κ3) is 22.4. The Hall–Kier alpha value is -5.76. The van der Waals surface area contributed by atoms with E-state index >= 15 is 0 Å². The Morgan fingerprint density at radius 2 is 1.25 bits per heavy atom. The molecule has 0 fully saturated rings. The molecule has 2 aromatic carbocycles. The molecule has 3 rings (SSSR count). The second kappa shape index (κ2) is 30.3. The van der Waals surface area contributed by atoms with Crippen LogP contribution in [0.25, 0.3) is 0 Å². The van der Waals surface area contributed by atoms with Crippen LogP contribution in [0.4, 0.5) is 37.6 Å². The third-order valence-electron chi connectivity index (χ3n) is 8.17. The van der Waals surface area contributed by atoms with Crippen LogP contribution in [0, 0.1) is 11.6 Å². The van der Waals surface area contributed by atoms with E-state index in [1.54, 1.807) is 30.3 Å². The van der Waals surface area contributed by atoms with Crippen molar-refractivity contribution in [2.45, 2.75) is 51.9 Å². The molecular formula is C42H58F2N8O9. The number of ether oxygens (including phenoxy) is 5. The molecule has 0 aliphatic carbocycles. The van der Waals surface area contributed by atoms with E-state index in [2.05, 4.69) is 48.4 Å². The summed E-state index contributed by atoms with van der Waals surface area (Å²) in [6, 6.07) is 10.7. The van der Waals surface area contributed by atoms with Gasteiger partial charge in [-0.15, -0.1) is 0 Å². The molecule has 3 aromatic rings. The Morgan fingerprint density at radius 1 is 0.656 bits per heavy atom. The van der Waals surface area contributed by atoms with Crippen molar-refractivity contribution < 1.29 is 51.6 Å². The standard InChI is InChI=1S/C42H58F2N8O9/c1-3-9-38(54)45-16-7-19-57-22-24-60-25-23-58-20-8-17-46-39(55)12-6-13-40(56)47-18-21-59-26-27-61-36-15-14-33(29-34(36)43)51-42-48-30-35(44)41(52-42)50-32-11-5-10-31(28-32)49-37(53)4-2/h4-5,10-11,14-15,28-30H,2-3,6-9,12-13,16-27H2,1H3,(H,45,54)(H,46,55)(H,47,56)(H,49,53)(H2,48,50,51,52). The highest BCUT2D eigenvalue weighted by molar-refractivity contribution is 5.99. The first kappa shape index (κ1) is 49.6. The summed E-state index contributed by atoms with van der Waals surface area (Å²) in [5, 5.41) is 16.7. The van der Waals surface area contributed by atoms with Crippen molar-refractivity contribution in [1.29, 1.82) is 0 Å². The number of carbonyl (C=O) groups is 4. The number of halogens is 2. The minimum absolute atomic E-state index is 0.00395. The topological polar surface area (TPSA) is 212 Å². The molecule has 1 heterocycles. The van der Waals surface area contributed by atoms with Gasteiger partial charge in [0.25, 0.3) is 0 Å². The van der Waals surface area contributed by atoms with Gasteiger partial charge in [-0.05, 0) is 62.1 Å². The van der Waals surface area contributed by atoms with Gasteiger partial charge in [-0.1, -0.05) is 19.6 Å². The van der Waals surface area contributed by atoms with Gasteiger partial charge in [0, 0.05) is 75.2 Å². The van der Waals surface area contributed by atoms with Gasteiger partial charge in [0.05, 0.1) is 45.8 Å². The number of anilines is 5. The van der Waals surface area contributed by atoms with Gasteiger partial charge in [0.2, 0.25) is 29.6 Å². The zero-order chi connectivity index (χ0) is 43.9. The van der Waals surface area contributed by atoms with Crippen molar-refractivity contribution in [2.24, 2.45) is 0 Å². The highest BCUT2D eigenvalue weighted by atomic mass is 19.1. The van der Waals surface area contributed by atoms with Crippen molar-refractivity contribution >= 4 is 52.5 Å². The minimum atomic E-state index is -0.727. The predicted octanol–water partition coefficient (Wildman–Crippen LogP) is 4.91. The van der Waals surface area contributed by atoms with Crippen LogP contribution in [0.3, 0.4) is 0 Å². The first-order valence-corrected chi connectivity index (χ1v) is 20.3. The van der Waals surface area contributed by atoms with Crippen LogP contribution in [-0.2, 0) is 38.1 Å². The first-order chi connectivity index (χ1) is 29.7. The molecule has 0 atom stereocenters. The van der Waals surface area contributed by atoms with E-state index < -0.39 is 17.5 Å². The highest BCUT2D eigenvalue weighted by Gasteiger charge is 2.11. The highest BCUT2D eigenvalue weighted by Crippen LogP contribution is 2.25. The molecule has 0 saturated heterocycles. The Balaban J connectivity index is 1.15. The zero-order valence-corrected chi connectivity index (χ0v) is 34.7. The summed E-state index contributed by atoms with van der Waals surface area (Å²) in [5.74, 6) is -2.19. The minimum Gasteiger partial charge on any atom is -0.488 e. The number of hydrogen-bond acceptors (Lipinski definition) is 13. The summed E-state index contributed by atoms with van der Waals surface area (Å²) in [4.78, 5) is 55.2. The molecule has 0 saturated carbocycles. The second-order valence-corrected chi connectivity index (χ2v) is 13.2. The molecule has 0 aliphatic heterocycles. The molecule has 0 aliphatic rings. The average molecular weight is 857 g/mol. The fourth-order valence-electron chi connectivity index (χ4n) is 5.17. The Labute approximate surface area is 355 Å². The van der Waals surface area contributed by atoms with Crippen molar-refractivity contribution in [1.82, 2.24) is 25.9 Å². The molecular weight excluding hydrogens is 799 g/mol. The number of benzene rings is 2. The fraction of sp³-hybridized carbons (Fsp3) is 0.476. The van der Waals surface area contributed by atoms with Gasteiger partial charge in [-0.2, -0.15) is 4.98 Å². The molecule has 0 spiro atoms. The summed E-state index contributed by atoms with van der Waals surface area (Å²) in [6.07, 6.45) is 5.73. The number of amides is 4. The second-order valence-electron chi connectivity index (χ2n) is 13.2. The molecule has 4 amide bonds. The van der Waals surface area contributed by atoms with Crippen molar-refractivity contribution in [3.8, 4) is 5.75 Å². The smallest absolute Gasteiger partial charge is 0.247 e. The maximum Gasteiger partial charge on any atom is 0.247 e. The van der Waals surface area contributed by atoms with Crippen molar-refractivity contribution in [2.75, 3.05) is 95.0 Å². The van der Waals surface area contributed by atoms with Crippen LogP contribution in [0.2, 0.25) is 0 Å². The van der Waals surface area contributed by atoms with Crippen molar-refractivity contribution in [3.05, 3.63) is 73.0 Å². The van der Waals surface area contributed by atoms with Crippen LogP contribution in [-0.4, -0.2) is 113 Å². The lowest BCUT2D eigenvalue weighted by atomic mass is 10.2. The lowest BCUT2D eigenvalue weighted by molar-refractivity contribution is -0.123. The summed E-state index contributed by atoms with van der Waals surface area (Å²) in [6.45, 7) is 10.0. The molecule has 19 heteroatoms. The Kier molecular flexibility index (Phi) is 24.6. The quantitative estimate of drug-likeness (QED) is 0.0356. The van der Waals surface area contributed by atoms with Gasteiger partial charge in [-0.25, -0.2) is 13.8 Å². The van der Waals surface area contributed by atoms with E-state index in [0.717, 1.165) is 25.1 Å². The molecule has 17 nitrogen and oxygen atoms in total. The van der Waals surface area contributed by atoms with Crippen LogP contribution in [0.1, 0.15) is 51.9 Å². The van der Waals surface area contributed by atoms with Gasteiger partial charge in [0.15, 0.2) is 23.2 Å². The van der Waals surface area contributed by atoms with E-state index in [4.69, 9.17) is 23.7 Å². The molecule has 0 radical (unpaired) electrons. The number of rotatable bonds is 33. The maximum atomic E-state index is 14.8. The molecule has 6 N–H and O–H groups in total. The van der Waals surface area contributed by atoms with Crippen LogP contribution >= 0.6 is 0 Å². The number of nitrogens with one attached hydrogen (secondary N) is 6. The van der Waals surface area contributed by atoms with Gasteiger partial charge in [0.1, 0.15) is 6.61 Å². The third-order valence-corrected chi connectivity index (χ3v) is 8.17. The van der Waals surface area contributed by atoms with E-state index in [1.807, 2.05) is 6.92 Å². The first-order valence-electron chi connectivity index (χ1n) is 20.3. The van der Waals surface area contributed by atoms with Gasteiger partial charge < -0.3 is 55.6 Å². The van der Waals surface area contributed by atoms with E-state index in [1.165, 1.54) is 12.1 Å². The SMILES string of the molecule is C=CC(=O)Nc1cccc(Nc2nc(Nc3ccc(OCCOCCNC(=O)CCCC(=O)NCCCOCCOCCOCCCNC(=O)CCC)c(F)c3)ncc2F)c1. The lowest BCUT2D eigenvalue weighted by Gasteiger charge is -2.12. The summed E-state index contributed by atoms with van der Waals surface area (Å²) in [5.41, 5.74) is 1.21. The maximum absolute atomic E-state index is 14.8. The Morgan fingerprint density at radius 3 is 1.90 bits per heavy atom. The lowest BCUT2D eigenvalue weighted by Crippen LogP contribution is -2.28. The summed E-state index contributed by atoms with van der Waals surface area (Å²) < 4.78 is 56.6. The Bertz CT molecular complexity index is 1810. The van der Waals surface area contributed by atoms with E-state index in [0.29, 0.717) is 89.1 Å². The fourth-order valence-corrected chi connectivity index (χ4v) is 5.17. The van der Waals surface area contributed by atoms with E-state index in [9.17, 15) is 28.0 Å². The number of aromatic nitrogens is 2. The van der Waals surface area contributed by atoms with Gasteiger partial charge >= 0.3 is 0 Å². The molecule has 1 aromatic heterocycles. The average Bonchev–Trinajstić information content (AvgIpc) is 3.24. The van der Waals surface area contributed by atoms with E-state index in [-0.39, 0.29) is 74.4 Å². The molecule has 334 valence electrons. The normalized spacial score (nSPS) is 10.7.